The number of benzene rings is 1. The maximum absolute atomic E-state index is 4.57. The fraction of sp³-hybridized carbons (Fsp3) is 0.471. The summed E-state index contributed by atoms with van der Waals surface area (Å²) in [6.07, 6.45) is 1.74. The molecule has 0 bridgehead atoms. The van der Waals surface area contributed by atoms with Gasteiger partial charge < -0.3 is 10.2 Å². The minimum absolute atomic E-state index is 0.571. The van der Waals surface area contributed by atoms with E-state index in [0.29, 0.717) is 5.95 Å². The average Bonchev–Trinajstić information content (AvgIpc) is 2.63. The van der Waals surface area contributed by atoms with Crippen LogP contribution in [0.1, 0.15) is 25.2 Å². The zero-order valence-electron chi connectivity index (χ0n) is 13.7. The van der Waals surface area contributed by atoms with E-state index in [2.05, 4.69) is 63.5 Å². The van der Waals surface area contributed by atoms with Crippen molar-refractivity contribution < 1.29 is 0 Å². The second kappa shape index (κ2) is 7.64. The monoisotopic (exact) mass is 329 g/mol. The first-order valence-corrected chi connectivity index (χ1v) is 9.38. The first-order valence-electron chi connectivity index (χ1n) is 8.22. The van der Waals surface area contributed by atoms with Crippen LogP contribution in [0.25, 0.3) is 0 Å². The summed E-state index contributed by atoms with van der Waals surface area (Å²) in [6.45, 7) is 6.43. The van der Waals surface area contributed by atoms with E-state index in [1.807, 2.05) is 11.8 Å². The van der Waals surface area contributed by atoms with Gasteiger partial charge in [-0.1, -0.05) is 13.8 Å². The number of rotatable bonds is 5. The fourth-order valence-electron chi connectivity index (χ4n) is 2.70. The smallest absolute Gasteiger partial charge is 0.247 e. The molecule has 2 heterocycles. The summed E-state index contributed by atoms with van der Waals surface area (Å²) in [7, 11) is 0. The molecule has 0 unspecified atom stereocenters. The van der Waals surface area contributed by atoms with Crippen LogP contribution in [0.3, 0.4) is 0 Å². The number of anilines is 3. The lowest BCUT2D eigenvalue weighted by molar-refractivity contribution is 0.829. The Kier molecular flexibility index (Phi) is 5.33. The summed E-state index contributed by atoms with van der Waals surface area (Å²) in [4.78, 5) is 7.01. The van der Waals surface area contributed by atoms with E-state index in [0.717, 1.165) is 43.0 Å². The zero-order chi connectivity index (χ0) is 16.1. The molecule has 2 aromatic rings. The van der Waals surface area contributed by atoms with Crippen LogP contribution in [0.15, 0.2) is 24.3 Å². The van der Waals surface area contributed by atoms with Crippen molar-refractivity contribution in [2.75, 3.05) is 34.8 Å². The van der Waals surface area contributed by atoms with Crippen molar-refractivity contribution in [3.05, 3.63) is 35.7 Å². The Bertz CT molecular complexity index is 638. The fourth-order valence-corrected chi connectivity index (χ4v) is 3.60. The highest BCUT2D eigenvalue weighted by Gasteiger charge is 2.11. The summed E-state index contributed by atoms with van der Waals surface area (Å²) in [5, 5.41) is 11.7. The molecule has 5 nitrogen and oxygen atoms in total. The number of aryl methyl sites for hydroxylation is 2. The number of thioether (sulfide) groups is 1. The van der Waals surface area contributed by atoms with Crippen molar-refractivity contribution >= 4 is 29.1 Å². The van der Waals surface area contributed by atoms with Crippen LogP contribution >= 0.6 is 11.8 Å². The summed E-state index contributed by atoms with van der Waals surface area (Å²) < 4.78 is 0. The lowest BCUT2D eigenvalue weighted by atomic mass is 10.2. The van der Waals surface area contributed by atoms with Crippen LogP contribution in [-0.2, 0) is 12.8 Å². The van der Waals surface area contributed by atoms with E-state index in [1.54, 1.807) is 0 Å². The van der Waals surface area contributed by atoms with Gasteiger partial charge in [-0.05, 0) is 37.1 Å². The molecule has 0 spiro atoms. The minimum atomic E-state index is 0.571. The molecule has 1 saturated heterocycles. The van der Waals surface area contributed by atoms with Gasteiger partial charge in [-0.2, -0.15) is 11.8 Å². The molecular formula is C17H23N5S. The average molecular weight is 329 g/mol. The van der Waals surface area contributed by atoms with Crippen molar-refractivity contribution in [2.45, 2.75) is 26.7 Å². The van der Waals surface area contributed by atoms with Crippen LogP contribution in [0.5, 0.6) is 0 Å². The number of hydrogen-bond donors (Lipinski definition) is 1. The van der Waals surface area contributed by atoms with E-state index >= 15 is 0 Å². The highest BCUT2D eigenvalue weighted by Crippen LogP contribution is 2.22. The van der Waals surface area contributed by atoms with Crippen molar-refractivity contribution in [2.24, 2.45) is 0 Å². The molecule has 6 heteroatoms. The van der Waals surface area contributed by atoms with Gasteiger partial charge in [-0.25, -0.2) is 4.98 Å². The molecule has 1 aliphatic rings. The Balaban J connectivity index is 1.70. The molecular weight excluding hydrogens is 306 g/mol. The number of hydrogen-bond acceptors (Lipinski definition) is 6. The van der Waals surface area contributed by atoms with Crippen molar-refractivity contribution in [1.29, 1.82) is 0 Å². The van der Waals surface area contributed by atoms with Gasteiger partial charge in [0.15, 0.2) is 0 Å². The first-order chi connectivity index (χ1) is 11.3. The van der Waals surface area contributed by atoms with Crippen molar-refractivity contribution in [3.63, 3.8) is 0 Å². The Hall–Kier alpha value is -1.82. The van der Waals surface area contributed by atoms with E-state index in [1.165, 1.54) is 17.2 Å². The van der Waals surface area contributed by atoms with E-state index in [-0.39, 0.29) is 0 Å². The lowest BCUT2D eigenvalue weighted by Gasteiger charge is -2.28. The molecule has 1 N–H and O–H groups in total. The molecule has 1 fully saturated rings. The predicted molar refractivity (Wildman–Crippen MR) is 97.8 cm³/mol. The number of nitrogens with one attached hydrogen (secondary N) is 1. The maximum Gasteiger partial charge on any atom is 0.247 e. The van der Waals surface area contributed by atoms with Crippen LogP contribution < -0.4 is 10.2 Å². The quantitative estimate of drug-likeness (QED) is 0.908. The van der Waals surface area contributed by atoms with Crippen molar-refractivity contribution in [3.8, 4) is 0 Å². The SMILES string of the molecule is CCc1nnc(Nc2ccc(N3CCSCC3)cc2)nc1CC. The lowest BCUT2D eigenvalue weighted by Crippen LogP contribution is -2.32. The largest absolute Gasteiger partial charge is 0.370 e. The molecule has 122 valence electrons. The Labute approximate surface area is 141 Å². The topological polar surface area (TPSA) is 53.9 Å². The molecule has 1 aromatic heterocycles. The number of nitrogens with zero attached hydrogens (tertiary/aromatic N) is 4. The molecule has 0 aliphatic carbocycles. The summed E-state index contributed by atoms with van der Waals surface area (Å²) in [5.41, 5.74) is 4.28. The van der Waals surface area contributed by atoms with Gasteiger partial charge in [0.25, 0.3) is 0 Å². The summed E-state index contributed by atoms with van der Waals surface area (Å²) >= 11 is 2.03. The zero-order valence-corrected chi connectivity index (χ0v) is 14.6. The van der Waals surface area contributed by atoms with Crippen LogP contribution in [-0.4, -0.2) is 39.8 Å². The van der Waals surface area contributed by atoms with Gasteiger partial charge in [0.1, 0.15) is 0 Å². The van der Waals surface area contributed by atoms with Gasteiger partial charge in [0.2, 0.25) is 5.95 Å². The minimum Gasteiger partial charge on any atom is -0.370 e. The third-order valence-electron chi connectivity index (χ3n) is 4.01. The second-order valence-electron chi connectivity index (χ2n) is 5.51. The van der Waals surface area contributed by atoms with Gasteiger partial charge >= 0.3 is 0 Å². The molecule has 1 aliphatic heterocycles. The number of aromatic nitrogens is 3. The van der Waals surface area contributed by atoms with E-state index in [9.17, 15) is 0 Å². The maximum atomic E-state index is 4.57. The Morgan fingerprint density at radius 2 is 1.70 bits per heavy atom. The molecule has 0 amide bonds. The van der Waals surface area contributed by atoms with E-state index < -0.39 is 0 Å². The third kappa shape index (κ3) is 3.93. The van der Waals surface area contributed by atoms with Gasteiger partial charge in [0.05, 0.1) is 11.4 Å². The van der Waals surface area contributed by atoms with Crippen LogP contribution in [0.2, 0.25) is 0 Å². The van der Waals surface area contributed by atoms with Crippen LogP contribution in [0, 0.1) is 0 Å². The Morgan fingerprint density at radius 1 is 1.00 bits per heavy atom. The molecule has 0 saturated carbocycles. The summed E-state index contributed by atoms with van der Waals surface area (Å²) in [5.74, 6) is 2.99. The highest BCUT2D eigenvalue weighted by molar-refractivity contribution is 7.99. The van der Waals surface area contributed by atoms with Gasteiger partial charge in [0, 0.05) is 36.0 Å². The summed E-state index contributed by atoms with van der Waals surface area (Å²) in [6, 6.07) is 8.49. The molecule has 0 radical (unpaired) electrons. The highest BCUT2D eigenvalue weighted by atomic mass is 32.2. The van der Waals surface area contributed by atoms with Gasteiger partial charge in [-0.3, -0.25) is 0 Å². The molecule has 23 heavy (non-hydrogen) atoms. The third-order valence-corrected chi connectivity index (χ3v) is 4.95. The predicted octanol–water partition coefficient (Wildman–Crippen LogP) is 3.29. The van der Waals surface area contributed by atoms with E-state index in [4.69, 9.17) is 0 Å². The second-order valence-corrected chi connectivity index (χ2v) is 6.73. The van der Waals surface area contributed by atoms with Crippen molar-refractivity contribution in [1.82, 2.24) is 15.2 Å². The normalized spacial score (nSPS) is 14.8. The van der Waals surface area contributed by atoms with Crippen LogP contribution in [0.4, 0.5) is 17.3 Å². The molecule has 0 atom stereocenters. The van der Waals surface area contributed by atoms with Gasteiger partial charge in [-0.15, -0.1) is 10.2 Å². The Morgan fingerprint density at radius 3 is 2.35 bits per heavy atom. The molecule has 3 rings (SSSR count). The molecule has 1 aromatic carbocycles. The standard InChI is InChI=1S/C17H23N5S/c1-3-15-16(4-2)20-21-17(19-15)18-13-5-7-14(8-6-13)22-9-11-23-12-10-22/h5-8H,3-4,9-12H2,1-2H3,(H,18,19,21). The first kappa shape index (κ1) is 16.1.